The first-order chi connectivity index (χ1) is 12.6. The van der Waals surface area contributed by atoms with Gasteiger partial charge in [0.05, 0.1) is 24.5 Å². The van der Waals surface area contributed by atoms with Gasteiger partial charge >= 0.3 is 0 Å². The number of para-hydroxylation sites is 2. The molecule has 138 valence electrons. The molecule has 1 aliphatic heterocycles. The van der Waals surface area contributed by atoms with E-state index < -0.39 is 0 Å². The van der Waals surface area contributed by atoms with Gasteiger partial charge in [-0.3, -0.25) is 4.79 Å². The van der Waals surface area contributed by atoms with Gasteiger partial charge in [0.25, 0.3) is 0 Å². The zero-order valence-electron chi connectivity index (χ0n) is 15.0. The van der Waals surface area contributed by atoms with Gasteiger partial charge < -0.3 is 14.5 Å². The third-order valence-electron chi connectivity index (χ3n) is 4.38. The summed E-state index contributed by atoms with van der Waals surface area (Å²) < 4.78 is 19.0. The van der Waals surface area contributed by atoms with E-state index in [2.05, 4.69) is 17.9 Å². The minimum absolute atomic E-state index is 0.0323. The Hall–Kier alpha value is -2.21. The van der Waals surface area contributed by atoms with Crippen molar-refractivity contribution in [2.24, 2.45) is 0 Å². The maximum Gasteiger partial charge on any atom is 0.232 e. The Morgan fingerprint density at radius 3 is 2.73 bits per heavy atom. The second-order valence-corrected chi connectivity index (χ2v) is 7.31. The second-order valence-electron chi connectivity index (χ2n) is 6.26. The molecule has 0 N–H and O–H groups in total. The lowest BCUT2D eigenvalue weighted by molar-refractivity contribution is -0.128. The number of thioether (sulfide) groups is 1. The van der Waals surface area contributed by atoms with Crippen LogP contribution >= 0.6 is 11.8 Å². The molecule has 6 heteroatoms. The number of fused-ring (bicyclic) bond motifs is 1. The summed E-state index contributed by atoms with van der Waals surface area (Å²) in [5.74, 6) is 0.952. The minimum Gasteiger partial charge on any atom is -0.485 e. The minimum atomic E-state index is -0.270. The van der Waals surface area contributed by atoms with Crippen molar-refractivity contribution in [2.45, 2.75) is 17.9 Å². The molecule has 2 aromatic rings. The summed E-state index contributed by atoms with van der Waals surface area (Å²) in [7, 11) is 1.80. The SMILES string of the molecule is CCN1C[C@H](CN(C)C(=O)CSc2ccc(F)cc2)Oc2ccccc21. The van der Waals surface area contributed by atoms with Crippen molar-refractivity contribution in [1.82, 2.24) is 4.90 Å². The molecule has 1 heterocycles. The summed E-state index contributed by atoms with van der Waals surface area (Å²) in [6.07, 6.45) is -0.0605. The van der Waals surface area contributed by atoms with E-state index >= 15 is 0 Å². The fraction of sp³-hybridized carbons (Fsp3) is 0.350. The molecule has 0 radical (unpaired) electrons. The number of nitrogens with zero attached hydrogens (tertiary/aromatic N) is 2. The average molecular weight is 374 g/mol. The predicted octanol–water partition coefficient (Wildman–Crippen LogP) is 3.66. The highest BCUT2D eigenvalue weighted by Gasteiger charge is 2.26. The standard InChI is InChI=1S/C20H23FN2O2S/c1-3-23-13-16(25-19-7-5-4-6-18(19)23)12-22(2)20(24)14-26-17-10-8-15(21)9-11-17/h4-11,16H,3,12-14H2,1-2H3/t16-/m0/s1. The second kappa shape index (κ2) is 8.45. The number of anilines is 1. The third-order valence-corrected chi connectivity index (χ3v) is 5.38. The Morgan fingerprint density at radius 1 is 1.27 bits per heavy atom. The van der Waals surface area contributed by atoms with Gasteiger partial charge in [-0.05, 0) is 43.3 Å². The summed E-state index contributed by atoms with van der Waals surface area (Å²) in [6.45, 7) is 4.31. The van der Waals surface area contributed by atoms with Crippen molar-refractivity contribution in [1.29, 1.82) is 0 Å². The van der Waals surface area contributed by atoms with Gasteiger partial charge in [-0.2, -0.15) is 0 Å². The summed E-state index contributed by atoms with van der Waals surface area (Å²) in [5, 5.41) is 0. The van der Waals surface area contributed by atoms with Crippen LogP contribution in [0.2, 0.25) is 0 Å². The Kier molecular flexibility index (Phi) is 6.04. The Morgan fingerprint density at radius 2 is 2.00 bits per heavy atom. The molecular formula is C20H23FN2O2S. The van der Waals surface area contributed by atoms with Gasteiger partial charge in [0.1, 0.15) is 17.7 Å². The predicted molar refractivity (Wildman–Crippen MR) is 104 cm³/mol. The van der Waals surface area contributed by atoms with Gasteiger partial charge in [0.2, 0.25) is 5.91 Å². The molecule has 0 unspecified atom stereocenters. The number of halogens is 1. The van der Waals surface area contributed by atoms with Gasteiger partial charge in [-0.1, -0.05) is 12.1 Å². The fourth-order valence-electron chi connectivity index (χ4n) is 2.97. The molecule has 1 aliphatic rings. The van der Waals surface area contributed by atoms with Gasteiger partial charge in [-0.15, -0.1) is 11.8 Å². The van der Waals surface area contributed by atoms with E-state index in [1.807, 2.05) is 18.2 Å². The van der Waals surface area contributed by atoms with Gasteiger partial charge in [-0.25, -0.2) is 4.39 Å². The Balaban J connectivity index is 1.55. The highest BCUT2D eigenvalue weighted by molar-refractivity contribution is 8.00. The molecule has 0 aromatic heterocycles. The lowest BCUT2D eigenvalue weighted by atomic mass is 10.2. The van der Waals surface area contributed by atoms with E-state index in [1.54, 1.807) is 24.1 Å². The molecule has 0 bridgehead atoms. The molecule has 1 atom stereocenters. The first-order valence-electron chi connectivity index (χ1n) is 8.69. The molecule has 26 heavy (non-hydrogen) atoms. The van der Waals surface area contributed by atoms with E-state index in [0.29, 0.717) is 12.3 Å². The smallest absolute Gasteiger partial charge is 0.232 e. The molecule has 0 fully saturated rings. The number of carbonyl (C=O) groups excluding carboxylic acids is 1. The molecule has 2 aromatic carbocycles. The van der Waals surface area contributed by atoms with Crippen molar-refractivity contribution in [3.63, 3.8) is 0 Å². The van der Waals surface area contributed by atoms with Crippen molar-refractivity contribution < 1.29 is 13.9 Å². The van der Waals surface area contributed by atoms with Crippen LogP contribution in [-0.2, 0) is 4.79 Å². The third kappa shape index (κ3) is 4.49. The Labute approximate surface area is 157 Å². The van der Waals surface area contributed by atoms with Crippen LogP contribution in [0.1, 0.15) is 6.92 Å². The normalized spacial score (nSPS) is 16.0. The quantitative estimate of drug-likeness (QED) is 0.723. The van der Waals surface area contributed by atoms with Crippen molar-refractivity contribution in [2.75, 3.05) is 37.3 Å². The fourth-order valence-corrected chi connectivity index (χ4v) is 3.81. The van der Waals surface area contributed by atoms with Crippen LogP contribution in [-0.4, -0.2) is 49.3 Å². The number of rotatable bonds is 6. The lowest BCUT2D eigenvalue weighted by Crippen LogP contribution is -2.47. The highest BCUT2D eigenvalue weighted by Crippen LogP contribution is 2.32. The molecule has 4 nitrogen and oxygen atoms in total. The molecule has 0 spiro atoms. The van der Waals surface area contributed by atoms with E-state index in [-0.39, 0.29) is 17.8 Å². The first-order valence-corrected chi connectivity index (χ1v) is 9.68. The number of benzene rings is 2. The van der Waals surface area contributed by atoms with E-state index in [1.165, 1.54) is 23.9 Å². The van der Waals surface area contributed by atoms with Crippen LogP contribution in [0.4, 0.5) is 10.1 Å². The van der Waals surface area contributed by atoms with Crippen LogP contribution in [0.3, 0.4) is 0 Å². The summed E-state index contributed by atoms with van der Waals surface area (Å²) in [4.78, 5) is 17.3. The van der Waals surface area contributed by atoms with E-state index in [9.17, 15) is 9.18 Å². The number of amides is 1. The Bertz CT molecular complexity index is 754. The molecular weight excluding hydrogens is 351 g/mol. The summed E-state index contributed by atoms with van der Waals surface area (Å²) in [5.41, 5.74) is 1.10. The molecule has 0 saturated carbocycles. The van der Waals surface area contributed by atoms with E-state index in [4.69, 9.17) is 4.74 Å². The van der Waals surface area contributed by atoms with Gasteiger partial charge in [0.15, 0.2) is 0 Å². The van der Waals surface area contributed by atoms with E-state index in [0.717, 1.165) is 29.4 Å². The van der Waals surface area contributed by atoms with Gasteiger partial charge in [0, 0.05) is 18.5 Å². The zero-order valence-corrected chi connectivity index (χ0v) is 15.8. The topological polar surface area (TPSA) is 32.8 Å². The summed E-state index contributed by atoms with van der Waals surface area (Å²) >= 11 is 1.41. The maximum atomic E-state index is 12.9. The summed E-state index contributed by atoms with van der Waals surface area (Å²) in [6, 6.07) is 14.2. The largest absolute Gasteiger partial charge is 0.485 e. The van der Waals surface area contributed by atoms with Crippen molar-refractivity contribution >= 4 is 23.4 Å². The molecule has 0 saturated heterocycles. The number of ether oxygens (including phenoxy) is 1. The number of hydrogen-bond donors (Lipinski definition) is 0. The van der Waals surface area contributed by atoms with Crippen LogP contribution in [0, 0.1) is 5.82 Å². The van der Waals surface area contributed by atoms with Crippen LogP contribution in [0.5, 0.6) is 5.75 Å². The van der Waals surface area contributed by atoms with Crippen LogP contribution in [0.15, 0.2) is 53.4 Å². The van der Waals surface area contributed by atoms with Crippen molar-refractivity contribution in [3.8, 4) is 5.75 Å². The average Bonchev–Trinajstić information content (AvgIpc) is 2.66. The van der Waals surface area contributed by atoms with Crippen molar-refractivity contribution in [3.05, 3.63) is 54.3 Å². The first kappa shape index (κ1) is 18.6. The maximum absolute atomic E-state index is 12.9. The highest BCUT2D eigenvalue weighted by atomic mass is 32.2. The van der Waals surface area contributed by atoms with Crippen LogP contribution in [0.25, 0.3) is 0 Å². The monoisotopic (exact) mass is 374 g/mol. The number of hydrogen-bond acceptors (Lipinski definition) is 4. The molecule has 3 rings (SSSR count). The van der Waals surface area contributed by atoms with Crippen LogP contribution < -0.4 is 9.64 Å². The zero-order chi connectivity index (χ0) is 18.5. The molecule has 0 aliphatic carbocycles. The number of likely N-dealkylation sites (N-methyl/N-ethyl adjacent to an activating group) is 2. The number of carbonyl (C=O) groups is 1. The lowest BCUT2D eigenvalue weighted by Gasteiger charge is -2.37. The molecule has 1 amide bonds.